The second-order valence-corrected chi connectivity index (χ2v) is 6.76. The first-order valence-electron chi connectivity index (χ1n) is 7.63. The molecular weight excluding hydrogens is 389 g/mol. The topological polar surface area (TPSA) is 49.4 Å². The van der Waals surface area contributed by atoms with Gasteiger partial charge in [-0.15, -0.1) is 0 Å². The van der Waals surface area contributed by atoms with Crippen LogP contribution in [0.1, 0.15) is 18.4 Å². The van der Waals surface area contributed by atoms with E-state index in [-0.39, 0.29) is 31.3 Å². The number of carbonyl (C=O) groups is 2. The Hall–Kier alpha value is -1.57. The van der Waals surface area contributed by atoms with E-state index in [0.717, 1.165) is 14.9 Å². The highest BCUT2D eigenvalue weighted by molar-refractivity contribution is 9.10. The van der Waals surface area contributed by atoms with E-state index in [0.29, 0.717) is 19.4 Å². The van der Waals surface area contributed by atoms with Crippen LogP contribution in [0, 0.1) is 5.92 Å². The summed E-state index contributed by atoms with van der Waals surface area (Å²) in [4.78, 5) is 23.9. The van der Waals surface area contributed by atoms with E-state index in [1.54, 1.807) is 0 Å². The van der Waals surface area contributed by atoms with E-state index in [1.165, 1.54) is 0 Å². The van der Waals surface area contributed by atoms with Gasteiger partial charge in [-0.05, 0) is 36.5 Å². The summed E-state index contributed by atoms with van der Waals surface area (Å²) in [7, 11) is 0. The number of benzene rings is 1. The van der Waals surface area contributed by atoms with Crippen LogP contribution in [0.5, 0.6) is 0 Å². The van der Waals surface area contributed by atoms with Crippen LogP contribution in [0.15, 0.2) is 28.7 Å². The molecule has 132 valence electrons. The fraction of sp³-hybridized carbons (Fsp3) is 0.500. The Kier molecular flexibility index (Phi) is 6.26. The molecule has 1 N–H and O–H groups in total. The van der Waals surface area contributed by atoms with Gasteiger partial charge in [-0.25, -0.2) is 0 Å². The minimum atomic E-state index is -4.81. The molecule has 1 aromatic rings. The van der Waals surface area contributed by atoms with Crippen LogP contribution < -0.4 is 5.32 Å². The Bertz CT molecular complexity index is 582. The molecule has 1 aromatic carbocycles. The Morgan fingerprint density at radius 1 is 1.17 bits per heavy atom. The average Bonchev–Trinajstić information content (AvgIpc) is 2.54. The van der Waals surface area contributed by atoms with E-state index in [4.69, 9.17) is 0 Å². The molecule has 0 saturated carbocycles. The van der Waals surface area contributed by atoms with Crippen LogP contribution in [0.25, 0.3) is 0 Å². The number of alkyl halides is 3. The van der Waals surface area contributed by atoms with Crippen LogP contribution in [-0.4, -0.2) is 42.5 Å². The van der Waals surface area contributed by atoms with Crippen LogP contribution in [-0.2, 0) is 16.0 Å². The molecule has 8 heteroatoms. The minimum Gasteiger partial charge on any atom is -0.356 e. The summed E-state index contributed by atoms with van der Waals surface area (Å²) in [6.07, 6.45) is -3.63. The maximum atomic E-state index is 12.4. The summed E-state index contributed by atoms with van der Waals surface area (Å²) in [6, 6.07) is 7.42. The highest BCUT2D eigenvalue weighted by atomic mass is 79.9. The maximum absolute atomic E-state index is 12.4. The number of nitrogens with one attached hydrogen (secondary N) is 1. The largest absolute Gasteiger partial charge is 0.471 e. The summed E-state index contributed by atoms with van der Waals surface area (Å²) in [5, 5.41) is 2.81. The van der Waals surface area contributed by atoms with Gasteiger partial charge in [0.2, 0.25) is 5.91 Å². The lowest BCUT2D eigenvalue weighted by Gasteiger charge is -2.32. The third kappa shape index (κ3) is 5.51. The molecule has 0 atom stereocenters. The molecule has 2 rings (SSSR count). The first-order chi connectivity index (χ1) is 11.3. The van der Waals surface area contributed by atoms with Crippen molar-refractivity contribution in [1.29, 1.82) is 0 Å². The molecule has 0 unspecified atom stereocenters. The van der Waals surface area contributed by atoms with Crippen molar-refractivity contribution in [3.63, 3.8) is 0 Å². The Labute approximate surface area is 146 Å². The van der Waals surface area contributed by atoms with Gasteiger partial charge in [0.25, 0.3) is 0 Å². The molecule has 0 bridgehead atoms. The molecule has 1 saturated heterocycles. The number of carbonyl (C=O) groups excluding carboxylic acids is 2. The van der Waals surface area contributed by atoms with Gasteiger partial charge in [0.15, 0.2) is 0 Å². The Morgan fingerprint density at radius 3 is 2.29 bits per heavy atom. The molecule has 0 aliphatic carbocycles. The summed E-state index contributed by atoms with van der Waals surface area (Å²) in [5.74, 6) is -1.80. The fourth-order valence-corrected chi connectivity index (χ4v) is 2.89. The molecule has 1 aliphatic rings. The van der Waals surface area contributed by atoms with Crippen molar-refractivity contribution in [3.8, 4) is 0 Å². The van der Waals surface area contributed by atoms with Gasteiger partial charge in [-0.3, -0.25) is 9.59 Å². The quantitative estimate of drug-likeness (QED) is 0.835. The zero-order valence-corrected chi connectivity index (χ0v) is 14.5. The SMILES string of the molecule is O=C(Cc1ccc(Br)cc1)NCC1CCN(C(=O)C(F)(F)F)CC1. The van der Waals surface area contributed by atoms with Crippen LogP contribution in [0.2, 0.25) is 0 Å². The molecule has 4 nitrogen and oxygen atoms in total. The van der Waals surface area contributed by atoms with Gasteiger partial charge in [-0.2, -0.15) is 13.2 Å². The molecule has 2 amide bonds. The lowest BCUT2D eigenvalue weighted by atomic mass is 9.96. The van der Waals surface area contributed by atoms with E-state index < -0.39 is 12.1 Å². The Morgan fingerprint density at radius 2 is 1.75 bits per heavy atom. The predicted octanol–water partition coefficient (Wildman–Crippen LogP) is 2.91. The zero-order valence-electron chi connectivity index (χ0n) is 12.9. The van der Waals surface area contributed by atoms with Crippen molar-refractivity contribution in [2.24, 2.45) is 5.92 Å². The number of hydrogen-bond acceptors (Lipinski definition) is 2. The van der Waals surface area contributed by atoms with Crippen molar-refractivity contribution in [2.45, 2.75) is 25.4 Å². The normalized spacial score (nSPS) is 16.1. The fourth-order valence-electron chi connectivity index (χ4n) is 2.63. The maximum Gasteiger partial charge on any atom is 0.471 e. The molecule has 1 fully saturated rings. The first kappa shape index (κ1) is 18.8. The van der Waals surface area contributed by atoms with E-state index >= 15 is 0 Å². The van der Waals surface area contributed by atoms with Crippen molar-refractivity contribution in [2.75, 3.05) is 19.6 Å². The van der Waals surface area contributed by atoms with Crippen molar-refractivity contribution < 1.29 is 22.8 Å². The highest BCUT2D eigenvalue weighted by Crippen LogP contribution is 2.23. The number of nitrogens with zero attached hydrogens (tertiary/aromatic N) is 1. The standard InChI is InChI=1S/C16H18BrF3N2O2/c17-13-3-1-11(2-4-13)9-14(23)21-10-12-5-7-22(8-6-12)15(24)16(18,19)20/h1-4,12H,5-10H2,(H,21,23). The molecule has 0 radical (unpaired) electrons. The third-order valence-electron chi connectivity index (χ3n) is 4.01. The first-order valence-corrected chi connectivity index (χ1v) is 8.42. The minimum absolute atomic E-state index is 0.0750. The second-order valence-electron chi connectivity index (χ2n) is 5.84. The highest BCUT2D eigenvalue weighted by Gasteiger charge is 2.43. The van der Waals surface area contributed by atoms with Gasteiger partial charge >= 0.3 is 12.1 Å². The van der Waals surface area contributed by atoms with Gasteiger partial charge in [0.05, 0.1) is 6.42 Å². The summed E-state index contributed by atoms with van der Waals surface area (Å²) in [5.41, 5.74) is 0.890. The Balaban J connectivity index is 1.71. The monoisotopic (exact) mass is 406 g/mol. The van der Waals surface area contributed by atoms with Gasteiger partial charge in [0, 0.05) is 24.1 Å². The summed E-state index contributed by atoms with van der Waals surface area (Å²) in [6.45, 7) is 0.570. The van der Waals surface area contributed by atoms with Crippen LogP contribution >= 0.6 is 15.9 Å². The number of halogens is 4. The number of likely N-dealkylation sites (tertiary alicyclic amines) is 1. The van der Waals surface area contributed by atoms with Crippen LogP contribution in [0.4, 0.5) is 13.2 Å². The third-order valence-corrected chi connectivity index (χ3v) is 4.54. The van der Waals surface area contributed by atoms with Gasteiger partial charge in [-0.1, -0.05) is 28.1 Å². The van der Waals surface area contributed by atoms with E-state index in [1.807, 2.05) is 24.3 Å². The number of hydrogen-bond donors (Lipinski definition) is 1. The van der Waals surface area contributed by atoms with E-state index in [2.05, 4.69) is 21.2 Å². The molecule has 1 heterocycles. The van der Waals surface area contributed by atoms with Crippen molar-refractivity contribution in [1.82, 2.24) is 10.2 Å². The van der Waals surface area contributed by atoms with Gasteiger partial charge < -0.3 is 10.2 Å². The predicted molar refractivity (Wildman–Crippen MR) is 86.2 cm³/mol. The smallest absolute Gasteiger partial charge is 0.356 e. The molecule has 24 heavy (non-hydrogen) atoms. The lowest BCUT2D eigenvalue weighted by molar-refractivity contribution is -0.186. The van der Waals surface area contributed by atoms with Crippen molar-refractivity contribution in [3.05, 3.63) is 34.3 Å². The molecule has 0 spiro atoms. The number of piperidine rings is 1. The number of rotatable bonds is 4. The summed E-state index contributed by atoms with van der Waals surface area (Å²) >= 11 is 3.32. The van der Waals surface area contributed by atoms with E-state index in [9.17, 15) is 22.8 Å². The van der Waals surface area contributed by atoms with Crippen molar-refractivity contribution >= 4 is 27.7 Å². The molecular formula is C16H18BrF3N2O2. The number of amides is 2. The lowest BCUT2D eigenvalue weighted by Crippen LogP contribution is -2.46. The van der Waals surface area contributed by atoms with Crippen LogP contribution in [0.3, 0.4) is 0 Å². The average molecular weight is 407 g/mol. The van der Waals surface area contributed by atoms with Gasteiger partial charge in [0.1, 0.15) is 0 Å². The zero-order chi connectivity index (χ0) is 17.7. The molecule has 0 aromatic heterocycles. The summed E-state index contributed by atoms with van der Waals surface area (Å²) < 4.78 is 38.0. The second kappa shape index (κ2) is 8.00. The molecule has 1 aliphatic heterocycles.